The molecule has 0 spiro atoms. The molecular weight excluding hydrogens is 276 g/mol. The van der Waals surface area contributed by atoms with Gasteiger partial charge < -0.3 is 15.5 Å². The number of anilines is 1. The SMILES string of the molecule is O=C(O)[C@@H]1C[C@H](Nc2nccc(Cl)n2)CN1C(=O)O. The van der Waals surface area contributed by atoms with Crippen LogP contribution in [0.25, 0.3) is 0 Å². The number of carboxylic acid groups (broad SMARTS) is 2. The molecule has 2 atom stereocenters. The van der Waals surface area contributed by atoms with E-state index < -0.39 is 18.1 Å². The van der Waals surface area contributed by atoms with Crippen LogP contribution >= 0.6 is 11.6 Å². The van der Waals surface area contributed by atoms with Gasteiger partial charge in [-0.2, -0.15) is 0 Å². The number of carboxylic acids is 1. The second kappa shape index (κ2) is 5.27. The predicted octanol–water partition coefficient (Wildman–Crippen LogP) is 0.747. The number of nitrogens with zero attached hydrogens (tertiary/aromatic N) is 3. The summed E-state index contributed by atoms with van der Waals surface area (Å²) in [6, 6.07) is 0.0789. The normalized spacial score (nSPS) is 22.3. The summed E-state index contributed by atoms with van der Waals surface area (Å²) in [5.74, 6) is -0.924. The number of amides is 1. The molecular formula is C10H11ClN4O4. The molecule has 1 amide bonds. The zero-order valence-corrected chi connectivity index (χ0v) is 10.4. The highest BCUT2D eigenvalue weighted by Crippen LogP contribution is 2.21. The maximum Gasteiger partial charge on any atom is 0.408 e. The lowest BCUT2D eigenvalue weighted by molar-refractivity contribution is -0.141. The molecule has 8 nitrogen and oxygen atoms in total. The van der Waals surface area contributed by atoms with Crippen LogP contribution in [0.3, 0.4) is 0 Å². The van der Waals surface area contributed by atoms with Gasteiger partial charge in [0.25, 0.3) is 0 Å². The van der Waals surface area contributed by atoms with Crippen LogP contribution in [0.5, 0.6) is 0 Å². The standard InChI is InChI=1S/C10H11ClN4O4/c11-7-1-2-12-9(14-7)13-5-3-6(8(16)17)15(4-5)10(18)19/h1-2,5-6H,3-4H2,(H,16,17)(H,18,19)(H,12,13,14)/t5-,6-/m0/s1. The molecule has 2 heterocycles. The third-order valence-electron chi connectivity index (χ3n) is 2.79. The maximum absolute atomic E-state index is 11.0. The van der Waals surface area contributed by atoms with Gasteiger partial charge in [0, 0.05) is 25.2 Å². The van der Waals surface area contributed by atoms with E-state index in [2.05, 4.69) is 15.3 Å². The van der Waals surface area contributed by atoms with Crippen LogP contribution in [0.15, 0.2) is 12.3 Å². The van der Waals surface area contributed by atoms with Gasteiger partial charge in [-0.05, 0) is 6.07 Å². The molecule has 1 aliphatic heterocycles. The average molecular weight is 287 g/mol. The van der Waals surface area contributed by atoms with Crippen LogP contribution < -0.4 is 5.32 Å². The van der Waals surface area contributed by atoms with E-state index in [0.29, 0.717) is 0 Å². The Morgan fingerprint density at radius 2 is 2.21 bits per heavy atom. The number of hydrogen-bond donors (Lipinski definition) is 3. The Morgan fingerprint density at radius 3 is 2.74 bits per heavy atom. The summed E-state index contributed by atoms with van der Waals surface area (Å²) >= 11 is 5.70. The Bertz CT molecular complexity index is 490. The third-order valence-corrected chi connectivity index (χ3v) is 3.00. The van der Waals surface area contributed by atoms with Crippen molar-refractivity contribution < 1.29 is 19.8 Å². The molecule has 19 heavy (non-hydrogen) atoms. The molecule has 1 fully saturated rings. The number of rotatable bonds is 3. The van der Waals surface area contributed by atoms with E-state index in [1.807, 2.05) is 0 Å². The maximum atomic E-state index is 11.0. The first-order valence-electron chi connectivity index (χ1n) is 5.45. The van der Waals surface area contributed by atoms with E-state index in [-0.39, 0.29) is 30.1 Å². The number of likely N-dealkylation sites (tertiary alicyclic amines) is 1. The smallest absolute Gasteiger partial charge is 0.408 e. The van der Waals surface area contributed by atoms with Gasteiger partial charge in [0.1, 0.15) is 11.2 Å². The monoisotopic (exact) mass is 286 g/mol. The first kappa shape index (κ1) is 13.3. The fraction of sp³-hybridized carbons (Fsp3) is 0.400. The zero-order chi connectivity index (χ0) is 14.0. The summed E-state index contributed by atoms with van der Waals surface area (Å²) in [7, 11) is 0. The van der Waals surface area contributed by atoms with Crippen molar-refractivity contribution in [3.8, 4) is 0 Å². The molecule has 102 valence electrons. The van der Waals surface area contributed by atoms with E-state index in [1.54, 1.807) is 0 Å². The topological polar surface area (TPSA) is 116 Å². The Morgan fingerprint density at radius 1 is 1.47 bits per heavy atom. The minimum absolute atomic E-state index is 0.0577. The van der Waals surface area contributed by atoms with Crippen LogP contribution in [0.2, 0.25) is 5.15 Å². The second-order valence-corrected chi connectivity index (χ2v) is 4.46. The first-order valence-corrected chi connectivity index (χ1v) is 5.82. The van der Waals surface area contributed by atoms with Gasteiger partial charge in [-0.15, -0.1) is 0 Å². The molecule has 0 saturated carbocycles. The number of carbonyl (C=O) groups is 2. The molecule has 2 rings (SSSR count). The van der Waals surface area contributed by atoms with Crippen LogP contribution in [0, 0.1) is 0 Å². The van der Waals surface area contributed by atoms with Gasteiger partial charge in [0.2, 0.25) is 5.95 Å². The summed E-state index contributed by atoms with van der Waals surface area (Å²) in [6.45, 7) is 0.0577. The molecule has 9 heteroatoms. The van der Waals surface area contributed by atoms with Crippen molar-refractivity contribution in [3.63, 3.8) is 0 Å². The largest absolute Gasteiger partial charge is 0.480 e. The molecule has 0 aromatic carbocycles. The lowest BCUT2D eigenvalue weighted by Crippen LogP contribution is -2.39. The van der Waals surface area contributed by atoms with Crippen molar-refractivity contribution in [3.05, 3.63) is 17.4 Å². The number of halogens is 1. The molecule has 0 unspecified atom stereocenters. The Kier molecular flexibility index (Phi) is 3.70. The van der Waals surface area contributed by atoms with E-state index in [1.165, 1.54) is 12.3 Å². The lowest BCUT2D eigenvalue weighted by Gasteiger charge is -2.16. The summed E-state index contributed by atoms with van der Waals surface area (Å²) in [5.41, 5.74) is 0. The minimum atomic E-state index is -1.26. The van der Waals surface area contributed by atoms with Crippen LogP contribution in [-0.2, 0) is 4.79 Å². The molecule has 1 saturated heterocycles. The van der Waals surface area contributed by atoms with Gasteiger partial charge in [-0.25, -0.2) is 19.6 Å². The van der Waals surface area contributed by atoms with Crippen molar-refractivity contribution in [2.75, 3.05) is 11.9 Å². The van der Waals surface area contributed by atoms with E-state index in [4.69, 9.17) is 21.8 Å². The Balaban J connectivity index is 2.07. The highest BCUT2D eigenvalue weighted by molar-refractivity contribution is 6.29. The van der Waals surface area contributed by atoms with Crippen molar-refractivity contribution in [1.29, 1.82) is 0 Å². The van der Waals surface area contributed by atoms with Crippen LogP contribution in [0.1, 0.15) is 6.42 Å². The van der Waals surface area contributed by atoms with Crippen molar-refractivity contribution in [2.45, 2.75) is 18.5 Å². The van der Waals surface area contributed by atoms with E-state index >= 15 is 0 Å². The Labute approximate surface area is 113 Å². The molecule has 0 bridgehead atoms. The second-order valence-electron chi connectivity index (χ2n) is 4.07. The summed E-state index contributed by atoms with van der Waals surface area (Å²) in [4.78, 5) is 30.6. The van der Waals surface area contributed by atoms with Gasteiger partial charge in [0.05, 0.1) is 0 Å². The van der Waals surface area contributed by atoms with E-state index in [0.717, 1.165) is 4.90 Å². The molecule has 0 radical (unpaired) electrons. The average Bonchev–Trinajstić information content (AvgIpc) is 2.73. The number of nitrogens with one attached hydrogen (secondary N) is 1. The summed E-state index contributed by atoms with van der Waals surface area (Å²) < 4.78 is 0. The number of hydrogen-bond acceptors (Lipinski definition) is 5. The van der Waals surface area contributed by atoms with Crippen molar-refractivity contribution in [2.24, 2.45) is 0 Å². The van der Waals surface area contributed by atoms with Gasteiger partial charge >= 0.3 is 12.1 Å². The number of aliphatic carboxylic acids is 1. The minimum Gasteiger partial charge on any atom is -0.480 e. The lowest BCUT2D eigenvalue weighted by atomic mass is 10.2. The molecule has 1 aromatic rings. The molecule has 3 N–H and O–H groups in total. The van der Waals surface area contributed by atoms with Crippen LogP contribution in [-0.4, -0.2) is 55.8 Å². The summed E-state index contributed by atoms with van der Waals surface area (Å²) in [6.07, 6.45) is 0.344. The van der Waals surface area contributed by atoms with Gasteiger partial charge in [0.15, 0.2) is 0 Å². The zero-order valence-electron chi connectivity index (χ0n) is 9.65. The molecule has 0 aliphatic carbocycles. The fourth-order valence-corrected chi connectivity index (χ4v) is 2.11. The highest BCUT2D eigenvalue weighted by atomic mass is 35.5. The van der Waals surface area contributed by atoms with Crippen LogP contribution in [0.4, 0.5) is 10.7 Å². The van der Waals surface area contributed by atoms with Gasteiger partial charge in [-0.1, -0.05) is 11.6 Å². The van der Waals surface area contributed by atoms with Crippen molar-refractivity contribution in [1.82, 2.24) is 14.9 Å². The van der Waals surface area contributed by atoms with E-state index in [9.17, 15) is 9.59 Å². The molecule has 1 aliphatic rings. The predicted molar refractivity (Wildman–Crippen MR) is 65.2 cm³/mol. The Hall–Kier alpha value is -2.09. The quantitative estimate of drug-likeness (QED) is 0.702. The summed E-state index contributed by atoms with van der Waals surface area (Å²) in [5, 5.41) is 21.0. The fourth-order valence-electron chi connectivity index (χ4n) is 1.97. The third kappa shape index (κ3) is 3.02. The first-order chi connectivity index (χ1) is 8.97. The highest BCUT2D eigenvalue weighted by Gasteiger charge is 2.40. The van der Waals surface area contributed by atoms with Gasteiger partial charge in [-0.3, -0.25) is 4.90 Å². The van der Waals surface area contributed by atoms with Crippen molar-refractivity contribution >= 4 is 29.6 Å². The number of aromatic nitrogens is 2. The molecule has 1 aromatic heterocycles.